The molecule has 0 amide bonds. The van der Waals surface area contributed by atoms with Crippen molar-refractivity contribution in [1.29, 1.82) is 0 Å². The summed E-state index contributed by atoms with van der Waals surface area (Å²) in [5.74, 6) is 0.982. The lowest BCUT2D eigenvalue weighted by Crippen LogP contribution is -2.47. The summed E-state index contributed by atoms with van der Waals surface area (Å²) >= 11 is 0. The minimum absolute atomic E-state index is 0.479. The summed E-state index contributed by atoms with van der Waals surface area (Å²) in [5, 5.41) is 19.0. The number of piperazine rings is 1. The smallest absolute Gasteiger partial charge is 0.128 e. The van der Waals surface area contributed by atoms with Gasteiger partial charge in [0, 0.05) is 91.5 Å². The third-order valence-electron chi connectivity index (χ3n) is 6.94. The van der Waals surface area contributed by atoms with Crippen LogP contribution >= 0.6 is 0 Å². The van der Waals surface area contributed by atoms with Gasteiger partial charge >= 0.3 is 0 Å². The summed E-state index contributed by atoms with van der Waals surface area (Å²) in [5.41, 5.74) is 7.40. The van der Waals surface area contributed by atoms with Crippen LogP contribution in [0.3, 0.4) is 0 Å². The molecule has 8 nitrogen and oxygen atoms in total. The summed E-state index contributed by atoms with van der Waals surface area (Å²) in [6.07, 6.45) is 9.21. The van der Waals surface area contributed by atoms with Crippen LogP contribution in [0.4, 0.5) is 11.5 Å². The topological polar surface area (TPSA) is 74.7 Å². The summed E-state index contributed by atoms with van der Waals surface area (Å²) in [6.45, 7) is 5.35. The van der Waals surface area contributed by atoms with E-state index in [-0.39, 0.29) is 0 Å². The van der Waals surface area contributed by atoms with E-state index in [1.165, 1.54) is 0 Å². The molecule has 182 valence electrons. The van der Waals surface area contributed by atoms with Crippen LogP contribution < -0.4 is 9.80 Å². The lowest BCUT2D eigenvalue weighted by Gasteiger charge is -2.37. The molecule has 4 aromatic heterocycles. The van der Waals surface area contributed by atoms with Crippen molar-refractivity contribution >= 4 is 17.0 Å². The second kappa shape index (κ2) is 9.13. The fourth-order valence-electron chi connectivity index (χ4n) is 5.03. The van der Waals surface area contributed by atoms with Crippen LogP contribution in [0.25, 0.3) is 27.8 Å². The van der Waals surface area contributed by atoms with Crippen LogP contribution in [0.2, 0.25) is 0 Å². The number of benzene rings is 1. The number of anilines is 2. The Morgan fingerprint density at radius 1 is 0.833 bits per heavy atom. The molecule has 6 rings (SSSR count). The first-order chi connectivity index (χ1) is 17.6. The predicted molar refractivity (Wildman–Crippen MR) is 142 cm³/mol. The van der Waals surface area contributed by atoms with Gasteiger partial charge in [-0.2, -0.15) is 10.2 Å². The Kier molecular flexibility index (Phi) is 5.65. The first-order valence-corrected chi connectivity index (χ1v) is 12.3. The van der Waals surface area contributed by atoms with Gasteiger partial charge < -0.3 is 14.9 Å². The van der Waals surface area contributed by atoms with E-state index >= 15 is 0 Å². The Hall–Kier alpha value is -4.17. The van der Waals surface area contributed by atoms with Crippen LogP contribution in [-0.4, -0.2) is 55.7 Å². The number of hydrogen-bond donors (Lipinski definition) is 1. The van der Waals surface area contributed by atoms with E-state index in [9.17, 15) is 5.11 Å². The van der Waals surface area contributed by atoms with E-state index in [2.05, 4.69) is 44.3 Å². The van der Waals surface area contributed by atoms with Gasteiger partial charge in [-0.3, -0.25) is 4.68 Å². The highest BCUT2D eigenvalue weighted by Crippen LogP contribution is 2.31. The van der Waals surface area contributed by atoms with Gasteiger partial charge in [-0.25, -0.2) is 9.50 Å². The van der Waals surface area contributed by atoms with E-state index in [1.807, 2.05) is 73.7 Å². The van der Waals surface area contributed by atoms with Gasteiger partial charge in [0.1, 0.15) is 5.82 Å². The molecule has 1 fully saturated rings. The highest BCUT2D eigenvalue weighted by molar-refractivity contribution is 5.84. The van der Waals surface area contributed by atoms with Crippen LogP contribution in [0.5, 0.6) is 0 Å². The van der Waals surface area contributed by atoms with E-state index in [4.69, 9.17) is 4.98 Å². The maximum Gasteiger partial charge on any atom is 0.128 e. The Labute approximate surface area is 210 Å². The molecule has 5 aromatic rings. The third-order valence-corrected chi connectivity index (χ3v) is 6.94. The van der Waals surface area contributed by atoms with E-state index < -0.39 is 6.10 Å². The standard InChI is InChI=1S/C28H29N7O/c1-20(36)24-5-3-4-6-26(24)33-11-13-34(14-12-33)28-8-7-21(16-29-28)25-15-22(23-17-31-32(2)18-23)19-35-27(25)9-10-30-35/h3-10,15-20,36H,11-14H2,1-2H3/t20-/m1/s1. The molecule has 0 bridgehead atoms. The molecule has 1 aromatic carbocycles. The number of aliphatic hydroxyl groups is 1. The van der Waals surface area contributed by atoms with Gasteiger partial charge in [0.25, 0.3) is 0 Å². The molecule has 0 unspecified atom stereocenters. The molecule has 1 N–H and O–H groups in total. The van der Waals surface area contributed by atoms with Gasteiger partial charge in [0.15, 0.2) is 0 Å². The summed E-state index contributed by atoms with van der Waals surface area (Å²) in [6, 6.07) is 16.6. The van der Waals surface area contributed by atoms with Crippen molar-refractivity contribution in [2.75, 3.05) is 36.0 Å². The number of aryl methyl sites for hydroxylation is 1. The maximum absolute atomic E-state index is 10.2. The number of para-hydroxylation sites is 1. The zero-order valence-corrected chi connectivity index (χ0v) is 20.5. The van der Waals surface area contributed by atoms with Gasteiger partial charge in [-0.05, 0) is 37.3 Å². The highest BCUT2D eigenvalue weighted by Gasteiger charge is 2.21. The summed E-state index contributed by atoms with van der Waals surface area (Å²) < 4.78 is 3.72. The Bertz CT molecular complexity index is 1490. The van der Waals surface area contributed by atoms with Crippen molar-refractivity contribution in [2.45, 2.75) is 13.0 Å². The van der Waals surface area contributed by atoms with Crippen molar-refractivity contribution in [1.82, 2.24) is 24.4 Å². The van der Waals surface area contributed by atoms with E-state index in [0.29, 0.717) is 0 Å². The van der Waals surface area contributed by atoms with Crippen LogP contribution in [0, 0.1) is 0 Å². The van der Waals surface area contributed by atoms with Gasteiger partial charge in [-0.15, -0.1) is 0 Å². The molecule has 1 aliphatic heterocycles. The van der Waals surface area contributed by atoms with Crippen molar-refractivity contribution in [2.24, 2.45) is 7.05 Å². The Morgan fingerprint density at radius 3 is 2.36 bits per heavy atom. The number of aromatic nitrogens is 5. The van der Waals surface area contributed by atoms with E-state index in [1.54, 1.807) is 4.68 Å². The van der Waals surface area contributed by atoms with Crippen molar-refractivity contribution < 1.29 is 5.11 Å². The fraction of sp³-hybridized carbons (Fsp3) is 0.250. The van der Waals surface area contributed by atoms with Crippen LogP contribution in [-0.2, 0) is 7.05 Å². The van der Waals surface area contributed by atoms with Gasteiger partial charge in [0.2, 0.25) is 0 Å². The molecule has 1 saturated heterocycles. The first kappa shape index (κ1) is 22.3. The Morgan fingerprint density at radius 2 is 1.64 bits per heavy atom. The molecule has 0 aliphatic carbocycles. The highest BCUT2D eigenvalue weighted by atomic mass is 16.3. The normalized spacial score (nSPS) is 15.0. The lowest BCUT2D eigenvalue weighted by atomic mass is 10.0. The fourth-order valence-corrected chi connectivity index (χ4v) is 5.03. The quantitative estimate of drug-likeness (QED) is 0.408. The number of aliphatic hydroxyl groups excluding tert-OH is 1. The maximum atomic E-state index is 10.2. The summed E-state index contributed by atoms with van der Waals surface area (Å²) in [7, 11) is 1.92. The second-order valence-electron chi connectivity index (χ2n) is 9.32. The zero-order chi connectivity index (χ0) is 24.6. The molecule has 36 heavy (non-hydrogen) atoms. The SMILES string of the molecule is C[C@@H](O)c1ccccc1N1CCN(c2ccc(-c3cc(-c4cnn(C)c4)cn4nccc34)cn2)CC1. The predicted octanol–water partition coefficient (Wildman–Crippen LogP) is 4.18. The lowest BCUT2D eigenvalue weighted by molar-refractivity contribution is 0.199. The number of hydrogen-bond acceptors (Lipinski definition) is 6. The zero-order valence-electron chi connectivity index (χ0n) is 20.5. The second-order valence-corrected chi connectivity index (χ2v) is 9.32. The minimum Gasteiger partial charge on any atom is -0.389 e. The van der Waals surface area contributed by atoms with E-state index in [0.717, 1.165) is 71.0 Å². The van der Waals surface area contributed by atoms with Crippen LogP contribution in [0.15, 0.2) is 79.5 Å². The Balaban J connectivity index is 1.23. The van der Waals surface area contributed by atoms with Crippen LogP contribution in [0.1, 0.15) is 18.6 Å². The van der Waals surface area contributed by atoms with Gasteiger partial charge in [0.05, 0.1) is 17.8 Å². The third kappa shape index (κ3) is 4.09. The number of rotatable bonds is 5. The van der Waals surface area contributed by atoms with Crippen molar-refractivity contribution in [3.8, 4) is 22.3 Å². The number of pyridine rings is 2. The first-order valence-electron chi connectivity index (χ1n) is 12.3. The molecule has 1 aliphatic rings. The number of nitrogens with zero attached hydrogens (tertiary/aromatic N) is 7. The molecule has 0 spiro atoms. The molecule has 1 atom stereocenters. The monoisotopic (exact) mass is 479 g/mol. The average molecular weight is 480 g/mol. The summed E-state index contributed by atoms with van der Waals surface area (Å²) in [4.78, 5) is 9.52. The average Bonchev–Trinajstić information content (AvgIpc) is 3.57. The molecule has 0 saturated carbocycles. The molecule has 0 radical (unpaired) electrons. The molecule has 8 heteroatoms. The molecule has 5 heterocycles. The van der Waals surface area contributed by atoms with Gasteiger partial charge in [-0.1, -0.05) is 18.2 Å². The van der Waals surface area contributed by atoms with Crippen molar-refractivity contribution in [3.63, 3.8) is 0 Å². The van der Waals surface area contributed by atoms with Crippen molar-refractivity contribution in [3.05, 3.63) is 85.1 Å². The number of fused-ring (bicyclic) bond motifs is 1. The molecular weight excluding hydrogens is 450 g/mol. The minimum atomic E-state index is -0.479. The largest absolute Gasteiger partial charge is 0.389 e. The molecular formula is C28H29N7O.